The predicted molar refractivity (Wildman–Crippen MR) is 69.5 cm³/mol. The van der Waals surface area contributed by atoms with Crippen molar-refractivity contribution >= 4 is 0 Å². The van der Waals surface area contributed by atoms with Gasteiger partial charge in [-0.15, -0.1) is 0 Å². The largest absolute Gasteiger partial charge is 0.317 e. The van der Waals surface area contributed by atoms with Gasteiger partial charge in [0.15, 0.2) is 0 Å². The van der Waals surface area contributed by atoms with Crippen molar-refractivity contribution in [3.05, 3.63) is 57.3 Å². The van der Waals surface area contributed by atoms with Gasteiger partial charge in [0.25, 0.3) is 5.70 Å². The molecule has 0 unspecified atom stereocenters. The summed E-state index contributed by atoms with van der Waals surface area (Å²) in [4.78, 5) is 10.6. The van der Waals surface area contributed by atoms with Gasteiger partial charge in [-0.3, -0.25) is 10.1 Å². The average Bonchev–Trinajstić information content (AvgIpc) is 2.58. The minimum atomic E-state index is -0.276. The zero-order valence-electron chi connectivity index (χ0n) is 10.2. The van der Waals surface area contributed by atoms with Gasteiger partial charge in [-0.1, -0.05) is 24.3 Å². The normalized spacial score (nSPS) is 25.0. The highest BCUT2D eigenvalue weighted by Gasteiger charge is 2.37. The second-order valence-electron chi connectivity index (χ2n) is 5.13. The van der Waals surface area contributed by atoms with E-state index in [2.05, 4.69) is 23.5 Å². The summed E-state index contributed by atoms with van der Waals surface area (Å²) in [6, 6.07) is 0. The second-order valence-corrected chi connectivity index (χ2v) is 5.13. The van der Waals surface area contributed by atoms with Gasteiger partial charge < -0.3 is 5.32 Å². The van der Waals surface area contributed by atoms with E-state index in [4.69, 9.17) is 0 Å². The summed E-state index contributed by atoms with van der Waals surface area (Å²) in [6.45, 7) is 2.04. The number of nitro groups is 1. The van der Waals surface area contributed by atoms with Gasteiger partial charge in [0.1, 0.15) is 0 Å². The Morgan fingerprint density at radius 3 is 2.78 bits per heavy atom. The number of nitrogens with one attached hydrogen (secondary N) is 1. The zero-order valence-corrected chi connectivity index (χ0v) is 10.2. The fraction of sp³-hybridized carbons (Fsp3) is 0.429. The number of rotatable bonds is 1. The van der Waals surface area contributed by atoms with Crippen LogP contribution in [0.1, 0.15) is 19.3 Å². The van der Waals surface area contributed by atoms with Crippen molar-refractivity contribution in [3.63, 3.8) is 0 Å². The van der Waals surface area contributed by atoms with Crippen LogP contribution in [0.2, 0.25) is 0 Å². The van der Waals surface area contributed by atoms with Crippen LogP contribution in [0.25, 0.3) is 0 Å². The number of allylic oxidation sites excluding steroid dienone is 7. The Balaban J connectivity index is 1.95. The van der Waals surface area contributed by atoms with Crippen molar-refractivity contribution in [1.29, 1.82) is 0 Å². The van der Waals surface area contributed by atoms with E-state index in [1.54, 1.807) is 6.08 Å². The van der Waals surface area contributed by atoms with Gasteiger partial charge in [-0.05, 0) is 37.1 Å². The van der Waals surface area contributed by atoms with Crippen LogP contribution in [0, 0.1) is 15.5 Å². The lowest BCUT2D eigenvalue weighted by molar-refractivity contribution is -0.426. The summed E-state index contributed by atoms with van der Waals surface area (Å²) < 4.78 is 0. The Morgan fingerprint density at radius 2 is 2.06 bits per heavy atom. The van der Waals surface area contributed by atoms with Crippen LogP contribution in [0.3, 0.4) is 0 Å². The van der Waals surface area contributed by atoms with Crippen LogP contribution in [0.5, 0.6) is 0 Å². The molecule has 0 amide bonds. The highest BCUT2D eigenvalue weighted by Crippen LogP contribution is 2.47. The first-order chi connectivity index (χ1) is 8.71. The molecule has 4 heteroatoms. The third kappa shape index (κ3) is 1.73. The van der Waals surface area contributed by atoms with E-state index in [0.29, 0.717) is 6.42 Å². The quantitative estimate of drug-likeness (QED) is 0.569. The molecule has 0 bridgehead atoms. The molecule has 1 heterocycles. The van der Waals surface area contributed by atoms with Crippen LogP contribution in [0.4, 0.5) is 0 Å². The van der Waals surface area contributed by atoms with Crippen LogP contribution in [-0.2, 0) is 0 Å². The highest BCUT2D eigenvalue weighted by atomic mass is 16.6. The standard InChI is InChI=1S/C14H16N2O2/c17-16(18)12-2-1-3-13-11(10-12)4-5-14(13)6-8-15-9-7-14/h1-5,15H,6-10H2. The van der Waals surface area contributed by atoms with Gasteiger partial charge in [-0.25, -0.2) is 0 Å². The van der Waals surface area contributed by atoms with E-state index in [-0.39, 0.29) is 16.0 Å². The van der Waals surface area contributed by atoms with E-state index < -0.39 is 0 Å². The van der Waals surface area contributed by atoms with Crippen molar-refractivity contribution in [3.8, 4) is 0 Å². The highest BCUT2D eigenvalue weighted by molar-refractivity contribution is 5.51. The monoisotopic (exact) mass is 244 g/mol. The number of hydrogen-bond donors (Lipinski definition) is 1. The molecule has 0 radical (unpaired) electrons. The lowest BCUT2D eigenvalue weighted by Gasteiger charge is -2.34. The molecule has 1 N–H and O–H groups in total. The molecule has 0 atom stereocenters. The molecule has 0 aromatic heterocycles. The maximum atomic E-state index is 10.9. The Hall–Kier alpha value is -1.68. The summed E-state index contributed by atoms with van der Waals surface area (Å²) in [5, 5.41) is 14.3. The number of hydrogen-bond acceptors (Lipinski definition) is 3. The summed E-state index contributed by atoms with van der Waals surface area (Å²) in [6.07, 6.45) is 12.5. The first-order valence-electron chi connectivity index (χ1n) is 6.36. The molecule has 0 aromatic rings. The van der Waals surface area contributed by atoms with Crippen LogP contribution >= 0.6 is 0 Å². The van der Waals surface area contributed by atoms with Gasteiger partial charge in [0.05, 0.1) is 11.3 Å². The van der Waals surface area contributed by atoms with Gasteiger partial charge in [-0.2, -0.15) is 0 Å². The van der Waals surface area contributed by atoms with E-state index in [0.717, 1.165) is 31.5 Å². The molecule has 0 aromatic carbocycles. The molecule has 1 fully saturated rings. The van der Waals surface area contributed by atoms with Crippen molar-refractivity contribution in [2.45, 2.75) is 19.3 Å². The number of nitrogens with zero attached hydrogens (tertiary/aromatic N) is 1. The zero-order chi connectivity index (χ0) is 12.6. The molecule has 18 heavy (non-hydrogen) atoms. The van der Waals surface area contributed by atoms with Crippen LogP contribution in [-0.4, -0.2) is 18.0 Å². The molecule has 1 saturated heterocycles. The average molecular weight is 244 g/mol. The Labute approximate surface area is 106 Å². The first-order valence-corrected chi connectivity index (χ1v) is 6.36. The molecule has 1 spiro atoms. The fourth-order valence-corrected chi connectivity index (χ4v) is 3.13. The molecule has 1 aliphatic heterocycles. The summed E-state index contributed by atoms with van der Waals surface area (Å²) in [7, 11) is 0. The Morgan fingerprint density at radius 1 is 1.28 bits per heavy atom. The van der Waals surface area contributed by atoms with E-state index in [1.165, 1.54) is 5.57 Å². The van der Waals surface area contributed by atoms with Crippen molar-refractivity contribution in [2.24, 2.45) is 5.41 Å². The summed E-state index contributed by atoms with van der Waals surface area (Å²) in [5.41, 5.74) is 2.81. The van der Waals surface area contributed by atoms with Gasteiger partial charge in [0, 0.05) is 11.5 Å². The number of piperidine rings is 1. The maximum absolute atomic E-state index is 10.9. The molecular formula is C14H16N2O2. The molecule has 3 aliphatic rings. The minimum Gasteiger partial charge on any atom is -0.317 e. The van der Waals surface area contributed by atoms with Crippen molar-refractivity contribution in [1.82, 2.24) is 5.32 Å². The van der Waals surface area contributed by atoms with Crippen molar-refractivity contribution < 1.29 is 4.92 Å². The lowest BCUT2D eigenvalue weighted by Crippen LogP contribution is -2.35. The maximum Gasteiger partial charge on any atom is 0.250 e. The lowest BCUT2D eigenvalue weighted by atomic mass is 9.74. The van der Waals surface area contributed by atoms with Crippen LogP contribution < -0.4 is 5.32 Å². The topological polar surface area (TPSA) is 55.2 Å². The first kappa shape index (κ1) is 11.4. The van der Waals surface area contributed by atoms with E-state index in [9.17, 15) is 10.1 Å². The third-order valence-electron chi connectivity index (χ3n) is 4.14. The van der Waals surface area contributed by atoms with Gasteiger partial charge >= 0.3 is 0 Å². The Kier molecular flexibility index (Phi) is 2.67. The fourth-order valence-electron chi connectivity index (χ4n) is 3.13. The predicted octanol–water partition coefficient (Wildman–Crippen LogP) is 2.34. The van der Waals surface area contributed by atoms with Crippen LogP contribution in [0.15, 0.2) is 47.2 Å². The van der Waals surface area contributed by atoms with Crippen molar-refractivity contribution in [2.75, 3.05) is 13.1 Å². The molecule has 3 rings (SSSR count). The Bertz CT molecular complexity index is 506. The SMILES string of the molecule is O=[N+]([O-])C1=CC=CC2=C(C=CC23CCNCC3)C1. The summed E-state index contributed by atoms with van der Waals surface area (Å²) >= 11 is 0. The number of fused-ring (bicyclic) bond motifs is 1. The summed E-state index contributed by atoms with van der Waals surface area (Å²) in [5.74, 6) is 0. The van der Waals surface area contributed by atoms with E-state index >= 15 is 0 Å². The molecule has 2 aliphatic carbocycles. The third-order valence-corrected chi connectivity index (χ3v) is 4.14. The molecule has 4 nitrogen and oxygen atoms in total. The minimum absolute atomic E-state index is 0.122. The molecule has 94 valence electrons. The second kappa shape index (κ2) is 4.21. The van der Waals surface area contributed by atoms with Gasteiger partial charge in [0.2, 0.25) is 0 Å². The molecule has 0 saturated carbocycles. The smallest absolute Gasteiger partial charge is 0.250 e. The van der Waals surface area contributed by atoms with E-state index in [1.807, 2.05) is 6.08 Å². The molecular weight excluding hydrogens is 228 g/mol.